The molecule has 1 N–H and O–H groups in total. The van der Waals surface area contributed by atoms with E-state index in [9.17, 15) is 8.42 Å². The number of nitrogens with one attached hydrogen (secondary N) is 1. The number of rotatable bonds is 4. The van der Waals surface area contributed by atoms with Crippen LogP contribution in [0.15, 0.2) is 0 Å². The lowest BCUT2D eigenvalue weighted by molar-refractivity contribution is 0.327. The van der Waals surface area contributed by atoms with Crippen LogP contribution in [0, 0.1) is 5.92 Å². The van der Waals surface area contributed by atoms with E-state index in [-0.39, 0.29) is 11.3 Å². The normalized spacial score (nSPS) is 23.7. The average Bonchev–Trinajstić information content (AvgIpc) is 2.46. The Morgan fingerprint density at radius 3 is 2.00 bits per heavy atom. The third-order valence-electron chi connectivity index (χ3n) is 3.92. The van der Waals surface area contributed by atoms with Crippen molar-refractivity contribution in [2.75, 3.05) is 13.3 Å². The second-order valence-electron chi connectivity index (χ2n) is 5.10. The molecule has 1 fully saturated rings. The molecule has 0 radical (unpaired) electrons. The highest BCUT2D eigenvalue weighted by Crippen LogP contribution is 2.28. The summed E-state index contributed by atoms with van der Waals surface area (Å²) < 4.78 is 23.2. The van der Waals surface area contributed by atoms with Gasteiger partial charge in [0.1, 0.15) is 0 Å². The molecule has 1 aliphatic carbocycles. The van der Waals surface area contributed by atoms with Crippen LogP contribution in [0.4, 0.5) is 0 Å². The summed E-state index contributed by atoms with van der Waals surface area (Å²) in [6, 6.07) is 0.119. The second kappa shape index (κ2) is 6.01. The fourth-order valence-electron chi connectivity index (χ4n) is 2.79. The van der Waals surface area contributed by atoms with Crippen molar-refractivity contribution in [1.29, 1.82) is 0 Å². The summed E-state index contributed by atoms with van der Waals surface area (Å²) in [5, 5.41) is 2.95. The van der Waals surface area contributed by atoms with Crippen LogP contribution in [-0.2, 0) is 9.84 Å². The topological polar surface area (TPSA) is 46.2 Å². The van der Waals surface area contributed by atoms with Gasteiger partial charge in [0.2, 0.25) is 0 Å². The Hall–Kier alpha value is -0.0900. The van der Waals surface area contributed by atoms with E-state index in [2.05, 4.69) is 5.32 Å². The van der Waals surface area contributed by atoms with Crippen LogP contribution in [-0.4, -0.2) is 33.0 Å². The number of hydrogen-bond donors (Lipinski definition) is 1. The molecule has 16 heavy (non-hydrogen) atoms. The molecule has 0 amide bonds. The summed E-state index contributed by atoms with van der Waals surface area (Å²) in [5.41, 5.74) is 0. The van der Waals surface area contributed by atoms with E-state index in [1.807, 2.05) is 14.0 Å². The van der Waals surface area contributed by atoms with Gasteiger partial charge in [-0.1, -0.05) is 25.7 Å². The van der Waals surface area contributed by atoms with Crippen molar-refractivity contribution in [3.05, 3.63) is 0 Å². The molecule has 0 aromatic rings. The minimum Gasteiger partial charge on any atom is -0.315 e. The predicted octanol–water partition coefficient (Wildman–Crippen LogP) is 1.98. The van der Waals surface area contributed by atoms with Crippen LogP contribution < -0.4 is 5.32 Å². The van der Waals surface area contributed by atoms with Gasteiger partial charge in [0.25, 0.3) is 0 Å². The van der Waals surface area contributed by atoms with Gasteiger partial charge >= 0.3 is 0 Å². The van der Waals surface area contributed by atoms with E-state index in [4.69, 9.17) is 0 Å². The van der Waals surface area contributed by atoms with Crippen LogP contribution in [0.3, 0.4) is 0 Å². The summed E-state index contributed by atoms with van der Waals surface area (Å²) in [4.78, 5) is 0. The summed E-state index contributed by atoms with van der Waals surface area (Å²) in [6.45, 7) is 1.83. The fraction of sp³-hybridized carbons (Fsp3) is 1.00. The Bertz CT molecular complexity index is 292. The molecule has 2 atom stereocenters. The Kier molecular flexibility index (Phi) is 5.25. The van der Waals surface area contributed by atoms with Gasteiger partial charge < -0.3 is 5.32 Å². The van der Waals surface area contributed by atoms with Crippen molar-refractivity contribution in [1.82, 2.24) is 5.32 Å². The quantitative estimate of drug-likeness (QED) is 0.773. The molecule has 3 nitrogen and oxygen atoms in total. The van der Waals surface area contributed by atoms with E-state index in [1.165, 1.54) is 44.8 Å². The number of hydrogen-bond acceptors (Lipinski definition) is 3. The largest absolute Gasteiger partial charge is 0.315 e. The van der Waals surface area contributed by atoms with Crippen molar-refractivity contribution >= 4 is 9.84 Å². The fourth-order valence-corrected chi connectivity index (χ4v) is 3.68. The van der Waals surface area contributed by atoms with Gasteiger partial charge in [0.15, 0.2) is 9.84 Å². The van der Waals surface area contributed by atoms with Gasteiger partial charge in [0, 0.05) is 12.3 Å². The van der Waals surface area contributed by atoms with E-state index >= 15 is 0 Å². The Morgan fingerprint density at radius 2 is 1.62 bits per heavy atom. The monoisotopic (exact) mass is 247 g/mol. The Labute approximate surface area is 99.9 Å². The third kappa shape index (κ3) is 3.74. The van der Waals surface area contributed by atoms with Gasteiger partial charge in [-0.3, -0.25) is 0 Å². The zero-order valence-electron chi connectivity index (χ0n) is 10.7. The first-order valence-electron chi connectivity index (χ1n) is 6.33. The second-order valence-corrected chi connectivity index (χ2v) is 7.50. The van der Waals surface area contributed by atoms with Gasteiger partial charge in [-0.2, -0.15) is 0 Å². The first kappa shape index (κ1) is 14.0. The minimum atomic E-state index is -2.94. The van der Waals surface area contributed by atoms with Crippen LogP contribution in [0.2, 0.25) is 0 Å². The Balaban J connectivity index is 2.72. The zero-order chi connectivity index (χ0) is 12.2. The van der Waals surface area contributed by atoms with Crippen LogP contribution in [0.25, 0.3) is 0 Å². The zero-order valence-corrected chi connectivity index (χ0v) is 11.5. The van der Waals surface area contributed by atoms with Gasteiger partial charge in [-0.25, -0.2) is 8.42 Å². The molecule has 2 unspecified atom stereocenters. The highest BCUT2D eigenvalue weighted by molar-refractivity contribution is 7.91. The number of sulfone groups is 1. The molecule has 0 aliphatic heterocycles. The molecule has 0 aromatic carbocycles. The first-order valence-corrected chi connectivity index (χ1v) is 8.28. The van der Waals surface area contributed by atoms with Gasteiger partial charge in [-0.15, -0.1) is 0 Å². The highest BCUT2D eigenvalue weighted by atomic mass is 32.2. The maximum Gasteiger partial charge on any atom is 0.151 e. The molecule has 1 rings (SSSR count). The standard InChI is InChI=1S/C12H25NO2S/c1-10(16(3,14)15)12(13-2)11-8-6-4-5-7-9-11/h10-13H,4-9H2,1-3H3. The van der Waals surface area contributed by atoms with E-state index < -0.39 is 9.84 Å². The van der Waals surface area contributed by atoms with Crippen molar-refractivity contribution in [2.45, 2.75) is 56.7 Å². The van der Waals surface area contributed by atoms with Crippen molar-refractivity contribution < 1.29 is 8.42 Å². The van der Waals surface area contributed by atoms with Crippen molar-refractivity contribution in [3.63, 3.8) is 0 Å². The molecule has 1 saturated carbocycles. The summed E-state index contributed by atoms with van der Waals surface area (Å²) >= 11 is 0. The summed E-state index contributed by atoms with van der Waals surface area (Å²) in [7, 11) is -1.05. The lowest BCUT2D eigenvalue weighted by Gasteiger charge is -2.30. The van der Waals surface area contributed by atoms with E-state index in [0.29, 0.717) is 5.92 Å². The maximum absolute atomic E-state index is 11.6. The summed E-state index contributed by atoms with van der Waals surface area (Å²) in [6.07, 6.45) is 8.80. The maximum atomic E-state index is 11.6. The molecule has 0 bridgehead atoms. The smallest absolute Gasteiger partial charge is 0.151 e. The van der Waals surface area contributed by atoms with Crippen molar-refractivity contribution in [2.24, 2.45) is 5.92 Å². The first-order chi connectivity index (χ1) is 7.46. The predicted molar refractivity (Wildman–Crippen MR) is 68.3 cm³/mol. The van der Waals surface area contributed by atoms with Crippen LogP contribution >= 0.6 is 0 Å². The molecule has 96 valence electrons. The average molecular weight is 247 g/mol. The molecular weight excluding hydrogens is 222 g/mol. The third-order valence-corrected chi connectivity index (χ3v) is 5.57. The van der Waals surface area contributed by atoms with E-state index in [1.54, 1.807) is 0 Å². The van der Waals surface area contributed by atoms with Gasteiger partial charge in [0.05, 0.1) is 5.25 Å². The molecule has 0 aromatic heterocycles. The van der Waals surface area contributed by atoms with E-state index in [0.717, 1.165) is 0 Å². The molecule has 4 heteroatoms. The van der Waals surface area contributed by atoms with Crippen LogP contribution in [0.5, 0.6) is 0 Å². The lowest BCUT2D eigenvalue weighted by Crippen LogP contribution is -2.45. The summed E-state index contributed by atoms with van der Waals surface area (Å²) in [5.74, 6) is 0.525. The molecule has 1 aliphatic rings. The Morgan fingerprint density at radius 1 is 1.12 bits per heavy atom. The molecular formula is C12H25NO2S. The minimum absolute atomic E-state index is 0.119. The van der Waals surface area contributed by atoms with Gasteiger partial charge in [-0.05, 0) is 32.7 Å². The SMILES string of the molecule is CNC(C1CCCCCC1)C(C)S(C)(=O)=O. The highest BCUT2D eigenvalue weighted by Gasteiger charge is 2.31. The van der Waals surface area contributed by atoms with Crippen molar-refractivity contribution in [3.8, 4) is 0 Å². The lowest BCUT2D eigenvalue weighted by atomic mass is 9.90. The molecule has 0 saturated heterocycles. The van der Waals surface area contributed by atoms with Crippen LogP contribution in [0.1, 0.15) is 45.4 Å². The molecule has 0 spiro atoms. The molecule has 0 heterocycles.